The number of piperidine rings is 1. The van der Waals surface area contributed by atoms with E-state index in [2.05, 4.69) is 50.0 Å². The summed E-state index contributed by atoms with van der Waals surface area (Å²) in [7, 11) is 1.73. The molecule has 5 rings (SSSR count). The van der Waals surface area contributed by atoms with Gasteiger partial charge in [0.05, 0.1) is 25.4 Å². The molecule has 0 amide bonds. The Morgan fingerprint density at radius 3 is 2.91 bits per heavy atom. The van der Waals surface area contributed by atoms with Crippen LogP contribution in [0.3, 0.4) is 0 Å². The van der Waals surface area contributed by atoms with Crippen molar-refractivity contribution in [2.45, 2.75) is 25.0 Å². The molecule has 8 nitrogen and oxygen atoms in total. The number of piperazine rings is 1. The van der Waals surface area contributed by atoms with Gasteiger partial charge in [0, 0.05) is 64.5 Å². The molecule has 32 heavy (non-hydrogen) atoms. The molecule has 4 aliphatic heterocycles. The maximum Gasteiger partial charge on any atom is 0.157 e. The van der Waals surface area contributed by atoms with Crippen LogP contribution in [0.4, 0.5) is 5.69 Å². The zero-order valence-electron chi connectivity index (χ0n) is 18.7. The van der Waals surface area contributed by atoms with Crippen molar-refractivity contribution in [1.82, 2.24) is 20.7 Å². The van der Waals surface area contributed by atoms with Crippen molar-refractivity contribution < 1.29 is 9.53 Å². The Kier molecular flexibility index (Phi) is 6.25. The van der Waals surface area contributed by atoms with E-state index >= 15 is 0 Å². The predicted molar refractivity (Wildman–Crippen MR) is 126 cm³/mol. The lowest BCUT2D eigenvalue weighted by Crippen LogP contribution is -2.56. The largest absolute Gasteiger partial charge is 0.495 e. The summed E-state index contributed by atoms with van der Waals surface area (Å²) < 4.78 is 5.53. The number of ether oxygens (including phenoxy) is 1. The van der Waals surface area contributed by atoms with E-state index in [-0.39, 0.29) is 18.0 Å². The number of aliphatic imine (C=N–C) groups is 1. The number of ketones is 1. The lowest BCUT2D eigenvalue weighted by atomic mass is 9.86. The molecule has 170 valence electrons. The summed E-state index contributed by atoms with van der Waals surface area (Å²) in [5, 5.41) is 5.48. The van der Waals surface area contributed by atoms with E-state index in [1.165, 1.54) is 11.3 Å². The van der Waals surface area contributed by atoms with Gasteiger partial charge in [-0.2, -0.15) is 0 Å². The molecular formula is C24H32N6O2. The first-order valence-electron chi connectivity index (χ1n) is 11.5. The van der Waals surface area contributed by atoms with Gasteiger partial charge in [-0.15, -0.1) is 0 Å². The van der Waals surface area contributed by atoms with Crippen LogP contribution >= 0.6 is 0 Å². The van der Waals surface area contributed by atoms with Crippen molar-refractivity contribution in [2.75, 3.05) is 57.8 Å². The molecule has 2 atom stereocenters. The lowest BCUT2D eigenvalue weighted by Gasteiger charge is -2.43. The summed E-state index contributed by atoms with van der Waals surface area (Å²) in [6.45, 7) is 6.28. The van der Waals surface area contributed by atoms with Crippen LogP contribution in [-0.4, -0.2) is 87.0 Å². The first-order chi connectivity index (χ1) is 15.7. The minimum Gasteiger partial charge on any atom is -0.495 e. The molecule has 0 bridgehead atoms. The predicted octanol–water partition coefficient (Wildman–Crippen LogP) is 1.18. The fourth-order valence-corrected chi connectivity index (χ4v) is 5.05. The van der Waals surface area contributed by atoms with Gasteiger partial charge in [0.2, 0.25) is 0 Å². The second-order valence-corrected chi connectivity index (χ2v) is 8.69. The quantitative estimate of drug-likeness (QED) is 0.649. The first-order valence-corrected chi connectivity index (χ1v) is 11.5. The highest BCUT2D eigenvalue weighted by atomic mass is 16.5. The fraction of sp³-hybridized carbons (Fsp3) is 0.500. The molecule has 4 heterocycles. The van der Waals surface area contributed by atoms with Crippen LogP contribution < -0.4 is 20.4 Å². The maximum atomic E-state index is 12.0. The van der Waals surface area contributed by atoms with Crippen molar-refractivity contribution in [1.29, 1.82) is 0 Å². The maximum absolute atomic E-state index is 12.0. The minimum atomic E-state index is -0.0272. The molecule has 0 aromatic heterocycles. The highest BCUT2D eigenvalue weighted by Gasteiger charge is 2.37. The van der Waals surface area contributed by atoms with Gasteiger partial charge in [-0.05, 0) is 23.3 Å². The molecule has 0 spiro atoms. The number of hydrazine groups is 1. The Labute approximate surface area is 189 Å². The highest BCUT2D eigenvalue weighted by molar-refractivity contribution is 5.85. The number of para-hydroxylation sites is 2. The van der Waals surface area contributed by atoms with Gasteiger partial charge in [0.25, 0.3) is 0 Å². The van der Waals surface area contributed by atoms with Gasteiger partial charge in [-0.1, -0.05) is 18.2 Å². The average Bonchev–Trinajstić information content (AvgIpc) is 2.84. The number of hydrogen-bond donors (Lipinski definition) is 2. The summed E-state index contributed by atoms with van der Waals surface area (Å²) in [5.41, 5.74) is 7.14. The molecule has 1 aromatic rings. The zero-order chi connectivity index (χ0) is 21.9. The van der Waals surface area contributed by atoms with Crippen LogP contribution in [-0.2, 0) is 4.79 Å². The van der Waals surface area contributed by atoms with Crippen molar-refractivity contribution in [2.24, 2.45) is 4.99 Å². The van der Waals surface area contributed by atoms with Gasteiger partial charge in [-0.25, -0.2) is 5.43 Å². The molecule has 0 saturated carbocycles. The second kappa shape index (κ2) is 9.44. The number of anilines is 1. The molecule has 0 aliphatic carbocycles. The van der Waals surface area contributed by atoms with Gasteiger partial charge in [0.15, 0.2) is 11.9 Å². The number of allylic oxidation sites excluding steroid dienone is 1. The third-order valence-corrected chi connectivity index (χ3v) is 6.70. The third kappa shape index (κ3) is 4.30. The smallest absolute Gasteiger partial charge is 0.157 e. The Morgan fingerprint density at radius 1 is 1.22 bits per heavy atom. The SMILES string of the molecule is COc1ccccc1N1CCN(CCNN2C=C3CC(=O)CNC3C3=CCC=NC32)CC1. The van der Waals surface area contributed by atoms with Gasteiger partial charge in [0.1, 0.15) is 5.75 Å². The standard InChI is InChI=1S/C24H32N6O2/c1-32-22-7-3-2-6-21(22)29-13-11-28(12-14-29)10-9-27-30-17-18-15-19(31)16-26-23(18)20-5-4-8-25-24(20)30/h2-3,5-8,17,23-24,26-27H,4,9-16H2,1H3. The first kappa shape index (κ1) is 21.2. The van der Waals surface area contributed by atoms with Crippen molar-refractivity contribution in [3.8, 4) is 5.75 Å². The third-order valence-electron chi connectivity index (χ3n) is 6.70. The van der Waals surface area contributed by atoms with E-state index in [1.54, 1.807) is 7.11 Å². The number of fused-ring (bicyclic) bond motifs is 3. The van der Waals surface area contributed by atoms with Crippen molar-refractivity contribution in [3.63, 3.8) is 0 Å². The molecule has 0 radical (unpaired) electrons. The van der Waals surface area contributed by atoms with E-state index in [0.717, 1.165) is 57.0 Å². The molecule has 2 N–H and O–H groups in total. The number of dihydropyridines is 1. The topological polar surface area (TPSA) is 72.4 Å². The van der Waals surface area contributed by atoms with Crippen molar-refractivity contribution >= 4 is 17.7 Å². The number of hydrogen-bond acceptors (Lipinski definition) is 8. The van der Waals surface area contributed by atoms with Gasteiger partial charge < -0.3 is 9.64 Å². The van der Waals surface area contributed by atoms with Crippen molar-refractivity contribution in [3.05, 3.63) is 47.7 Å². The van der Waals surface area contributed by atoms with Crippen LogP contribution in [0.5, 0.6) is 5.75 Å². The molecular weight excluding hydrogens is 404 g/mol. The van der Waals surface area contributed by atoms with Gasteiger partial charge >= 0.3 is 0 Å². The van der Waals surface area contributed by atoms with E-state index in [9.17, 15) is 4.79 Å². The molecule has 8 heteroatoms. The molecule has 2 saturated heterocycles. The average molecular weight is 437 g/mol. The summed E-state index contributed by atoms with van der Waals surface area (Å²) in [4.78, 5) is 21.6. The Morgan fingerprint density at radius 2 is 2.06 bits per heavy atom. The molecule has 2 fully saturated rings. The Balaban J connectivity index is 1.16. The van der Waals surface area contributed by atoms with Crippen LogP contribution in [0.2, 0.25) is 0 Å². The van der Waals surface area contributed by atoms with Crippen LogP contribution in [0, 0.1) is 0 Å². The Hall–Kier alpha value is -2.68. The Bertz CT molecular complexity index is 934. The minimum absolute atomic E-state index is 0.0272. The lowest BCUT2D eigenvalue weighted by molar-refractivity contribution is -0.118. The van der Waals surface area contributed by atoms with Gasteiger partial charge in [-0.3, -0.25) is 25.0 Å². The number of Topliss-reactive ketones (excluding diaryl/α,β-unsaturated/α-hetero) is 1. The van der Waals surface area contributed by atoms with E-state index in [1.807, 2.05) is 18.3 Å². The second-order valence-electron chi connectivity index (χ2n) is 8.69. The van der Waals surface area contributed by atoms with E-state index in [0.29, 0.717) is 13.0 Å². The number of rotatable bonds is 6. The number of nitrogens with one attached hydrogen (secondary N) is 2. The number of benzene rings is 1. The summed E-state index contributed by atoms with van der Waals surface area (Å²) >= 11 is 0. The number of methoxy groups -OCH3 is 1. The summed E-state index contributed by atoms with van der Waals surface area (Å²) in [6, 6.07) is 8.38. The summed E-state index contributed by atoms with van der Waals surface area (Å²) in [5.74, 6) is 1.19. The molecule has 1 aromatic carbocycles. The highest BCUT2D eigenvalue weighted by Crippen LogP contribution is 2.32. The normalized spacial score (nSPS) is 25.7. The fourth-order valence-electron chi connectivity index (χ4n) is 5.05. The van der Waals surface area contributed by atoms with Crippen LogP contribution in [0.1, 0.15) is 12.8 Å². The number of carbonyl (C=O) groups is 1. The number of nitrogens with zero attached hydrogens (tertiary/aromatic N) is 4. The molecule has 4 aliphatic rings. The summed E-state index contributed by atoms with van der Waals surface area (Å²) in [6.07, 6.45) is 7.68. The van der Waals surface area contributed by atoms with E-state index in [4.69, 9.17) is 9.73 Å². The van der Waals surface area contributed by atoms with Crippen LogP contribution in [0.15, 0.2) is 52.7 Å². The molecule has 2 unspecified atom stereocenters. The zero-order valence-corrected chi connectivity index (χ0v) is 18.7. The monoisotopic (exact) mass is 436 g/mol. The van der Waals surface area contributed by atoms with E-state index < -0.39 is 0 Å². The number of carbonyl (C=O) groups excluding carboxylic acids is 1. The van der Waals surface area contributed by atoms with Crippen LogP contribution in [0.25, 0.3) is 0 Å².